The van der Waals surface area contributed by atoms with Crippen molar-refractivity contribution in [2.45, 2.75) is 0 Å². The molecule has 0 spiro atoms. The van der Waals surface area contributed by atoms with Crippen molar-refractivity contribution in [1.29, 1.82) is 0 Å². The Hall–Kier alpha value is -3.38. The molecule has 28 heavy (non-hydrogen) atoms. The SMILES string of the molecule is COc1cccc(C(=O)Nc2ccccc2-c2nc3ccccc3s2)c1OC. The van der Waals surface area contributed by atoms with E-state index in [0.717, 1.165) is 20.8 Å². The molecule has 1 N–H and O–H groups in total. The second kappa shape index (κ2) is 7.70. The Kier molecular flexibility index (Phi) is 4.95. The molecule has 0 aliphatic carbocycles. The van der Waals surface area contributed by atoms with Gasteiger partial charge in [-0.05, 0) is 36.4 Å². The lowest BCUT2D eigenvalue weighted by Crippen LogP contribution is -2.14. The first-order chi connectivity index (χ1) is 13.7. The molecule has 4 aromatic rings. The highest BCUT2D eigenvalue weighted by molar-refractivity contribution is 7.21. The second-order valence-electron chi connectivity index (χ2n) is 6.03. The Morgan fingerprint density at radius 3 is 2.50 bits per heavy atom. The summed E-state index contributed by atoms with van der Waals surface area (Å²) in [5.41, 5.74) is 2.91. The van der Waals surface area contributed by atoms with E-state index in [1.54, 1.807) is 36.6 Å². The second-order valence-corrected chi connectivity index (χ2v) is 7.06. The summed E-state index contributed by atoms with van der Waals surface area (Å²) in [6.07, 6.45) is 0. The molecule has 1 heterocycles. The van der Waals surface area contributed by atoms with E-state index in [9.17, 15) is 4.79 Å². The molecule has 140 valence electrons. The maximum absolute atomic E-state index is 13.0. The Morgan fingerprint density at radius 1 is 0.929 bits per heavy atom. The van der Waals surface area contributed by atoms with Crippen LogP contribution < -0.4 is 14.8 Å². The number of methoxy groups -OCH3 is 2. The maximum Gasteiger partial charge on any atom is 0.259 e. The summed E-state index contributed by atoms with van der Waals surface area (Å²) in [4.78, 5) is 17.7. The van der Waals surface area contributed by atoms with E-state index < -0.39 is 0 Å². The highest BCUT2D eigenvalue weighted by Crippen LogP contribution is 2.36. The standard InChI is InChI=1S/C22H18N2O3S/c1-26-18-12-7-9-15(20(18)27-2)21(25)23-16-10-4-3-8-14(16)22-24-17-11-5-6-13-19(17)28-22/h3-13H,1-2H3,(H,23,25). The maximum atomic E-state index is 13.0. The molecule has 0 aliphatic rings. The number of rotatable bonds is 5. The summed E-state index contributed by atoms with van der Waals surface area (Å²) in [5.74, 6) is 0.638. The molecule has 0 fully saturated rings. The molecule has 1 aromatic heterocycles. The molecular formula is C22H18N2O3S. The lowest BCUT2D eigenvalue weighted by Gasteiger charge is -2.14. The number of ether oxygens (including phenoxy) is 2. The molecule has 0 aliphatic heterocycles. The summed E-state index contributed by atoms with van der Waals surface area (Å²) in [7, 11) is 3.06. The van der Waals surface area contributed by atoms with Crippen molar-refractivity contribution in [3.8, 4) is 22.1 Å². The van der Waals surface area contributed by atoms with Crippen molar-refractivity contribution in [2.75, 3.05) is 19.5 Å². The molecule has 0 saturated carbocycles. The van der Waals surface area contributed by atoms with Gasteiger partial charge in [-0.25, -0.2) is 4.98 Å². The molecule has 0 radical (unpaired) electrons. The largest absolute Gasteiger partial charge is 0.493 e. The van der Waals surface area contributed by atoms with Gasteiger partial charge in [0.2, 0.25) is 0 Å². The van der Waals surface area contributed by atoms with Crippen LogP contribution in [-0.4, -0.2) is 25.1 Å². The van der Waals surface area contributed by atoms with Gasteiger partial charge in [0.1, 0.15) is 5.01 Å². The third-order valence-corrected chi connectivity index (χ3v) is 5.42. The third kappa shape index (κ3) is 3.30. The summed E-state index contributed by atoms with van der Waals surface area (Å²) < 4.78 is 11.8. The number of nitrogens with zero attached hydrogens (tertiary/aromatic N) is 1. The summed E-state index contributed by atoms with van der Waals surface area (Å²) in [6, 6.07) is 20.8. The van der Waals surface area contributed by atoms with E-state index in [-0.39, 0.29) is 5.91 Å². The number of anilines is 1. The van der Waals surface area contributed by atoms with Crippen LogP contribution in [0.15, 0.2) is 66.7 Å². The quantitative estimate of drug-likeness (QED) is 0.507. The van der Waals surface area contributed by atoms with Gasteiger partial charge in [-0.2, -0.15) is 0 Å². The highest BCUT2D eigenvalue weighted by atomic mass is 32.1. The third-order valence-electron chi connectivity index (χ3n) is 4.35. The average molecular weight is 390 g/mol. The van der Waals surface area contributed by atoms with Crippen molar-refractivity contribution in [2.24, 2.45) is 0 Å². The number of hydrogen-bond donors (Lipinski definition) is 1. The number of para-hydroxylation sites is 3. The van der Waals surface area contributed by atoms with Crippen molar-refractivity contribution in [3.63, 3.8) is 0 Å². The Labute approximate surface area is 166 Å². The van der Waals surface area contributed by atoms with E-state index in [1.807, 2.05) is 48.5 Å². The molecule has 3 aromatic carbocycles. The molecule has 0 bridgehead atoms. The minimum absolute atomic E-state index is 0.274. The number of thiazole rings is 1. The summed E-state index contributed by atoms with van der Waals surface area (Å²) in [6.45, 7) is 0. The first kappa shape index (κ1) is 18.0. The van der Waals surface area contributed by atoms with E-state index in [2.05, 4.69) is 5.32 Å². The fourth-order valence-electron chi connectivity index (χ4n) is 3.02. The molecule has 0 unspecified atom stereocenters. The predicted molar refractivity (Wildman–Crippen MR) is 113 cm³/mol. The van der Waals surface area contributed by atoms with Gasteiger partial charge in [0.15, 0.2) is 11.5 Å². The van der Waals surface area contributed by atoms with Crippen LogP contribution in [-0.2, 0) is 0 Å². The number of hydrogen-bond acceptors (Lipinski definition) is 5. The van der Waals surface area contributed by atoms with Crippen LogP contribution in [0.3, 0.4) is 0 Å². The van der Waals surface area contributed by atoms with Gasteiger partial charge in [-0.15, -0.1) is 11.3 Å². The van der Waals surface area contributed by atoms with Crippen molar-refractivity contribution in [3.05, 3.63) is 72.3 Å². The first-order valence-electron chi connectivity index (χ1n) is 8.68. The first-order valence-corrected chi connectivity index (χ1v) is 9.50. The zero-order chi connectivity index (χ0) is 19.5. The summed E-state index contributed by atoms with van der Waals surface area (Å²) >= 11 is 1.59. The minimum atomic E-state index is -0.274. The van der Waals surface area contributed by atoms with Gasteiger partial charge in [0.05, 0.1) is 35.7 Å². The van der Waals surface area contributed by atoms with Gasteiger partial charge < -0.3 is 14.8 Å². The zero-order valence-corrected chi connectivity index (χ0v) is 16.2. The molecule has 0 saturated heterocycles. The van der Waals surface area contributed by atoms with Gasteiger partial charge in [0.25, 0.3) is 5.91 Å². The monoisotopic (exact) mass is 390 g/mol. The van der Waals surface area contributed by atoms with E-state index in [0.29, 0.717) is 22.7 Å². The van der Waals surface area contributed by atoms with Gasteiger partial charge in [0, 0.05) is 5.56 Å². The van der Waals surface area contributed by atoms with Gasteiger partial charge >= 0.3 is 0 Å². The normalized spacial score (nSPS) is 10.6. The number of nitrogens with one attached hydrogen (secondary N) is 1. The number of fused-ring (bicyclic) bond motifs is 1. The fraction of sp³-hybridized carbons (Fsp3) is 0.0909. The molecule has 1 amide bonds. The molecule has 5 nitrogen and oxygen atoms in total. The van der Waals surface area contributed by atoms with Gasteiger partial charge in [-0.3, -0.25) is 4.79 Å². The smallest absolute Gasteiger partial charge is 0.259 e. The summed E-state index contributed by atoms with van der Waals surface area (Å²) in [5, 5.41) is 3.84. The highest BCUT2D eigenvalue weighted by Gasteiger charge is 2.18. The molecule has 6 heteroatoms. The van der Waals surface area contributed by atoms with Crippen LogP contribution in [0, 0.1) is 0 Å². The Bertz CT molecular complexity index is 1120. The molecule has 4 rings (SSSR count). The van der Waals surface area contributed by atoms with Crippen molar-refractivity contribution >= 4 is 33.1 Å². The number of amides is 1. The predicted octanol–water partition coefficient (Wildman–Crippen LogP) is 5.23. The number of carbonyl (C=O) groups excluding carboxylic acids is 1. The fourth-order valence-corrected chi connectivity index (χ4v) is 4.03. The van der Waals surface area contributed by atoms with Crippen LogP contribution in [0.2, 0.25) is 0 Å². The zero-order valence-electron chi connectivity index (χ0n) is 15.4. The van der Waals surface area contributed by atoms with Crippen LogP contribution in [0.4, 0.5) is 5.69 Å². The average Bonchev–Trinajstić information content (AvgIpc) is 3.17. The van der Waals surface area contributed by atoms with E-state index in [4.69, 9.17) is 14.5 Å². The topological polar surface area (TPSA) is 60.5 Å². The molecule has 0 atom stereocenters. The number of aromatic nitrogens is 1. The van der Waals surface area contributed by atoms with E-state index >= 15 is 0 Å². The Balaban J connectivity index is 1.71. The lowest BCUT2D eigenvalue weighted by molar-refractivity contribution is 0.102. The minimum Gasteiger partial charge on any atom is -0.493 e. The number of benzene rings is 3. The van der Waals surface area contributed by atoms with Gasteiger partial charge in [-0.1, -0.05) is 30.3 Å². The number of carbonyl (C=O) groups is 1. The van der Waals surface area contributed by atoms with Crippen LogP contribution in [0.5, 0.6) is 11.5 Å². The molecular weight excluding hydrogens is 372 g/mol. The lowest BCUT2D eigenvalue weighted by atomic mass is 10.1. The van der Waals surface area contributed by atoms with Crippen molar-refractivity contribution < 1.29 is 14.3 Å². The van der Waals surface area contributed by atoms with Crippen LogP contribution in [0.25, 0.3) is 20.8 Å². The van der Waals surface area contributed by atoms with Crippen LogP contribution in [0.1, 0.15) is 10.4 Å². The van der Waals surface area contributed by atoms with E-state index in [1.165, 1.54) is 7.11 Å². The Morgan fingerprint density at radius 2 is 1.71 bits per heavy atom. The van der Waals surface area contributed by atoms with Crippen molar-refractivity contribution in [1.82, 2.24) is 4.98 Å². The van der Waals surface area contributed by atoms with Crippen LogP contribution >= 0.6 is 11.3 Å².